The molecular weight excluding hydrogens is 314 g/mol. The van der Waals surface area contributed by atoms with E-state index in [2.05, 4.69) is 9.97 Å². The molecule has 0 atom stereocenters. The molecule has 0 saturated carbocycles. The summed E-state index contributed by atoms with van der Waals surface area (Å²) in [4.78, 5) is 37.7. The van der Waals surface area contributed by atoms with E-state index in [1.165, 1.54) is 0 Å². The lowest BCUT2D eigenvalue weighted by molar-refractivity contribution is -0.114. The molecule has 1 aliphatic rings. The fourth-order valence-corrected chi connectivity index (χ4v) is 4.04. The average molecular weight is 323 g/mol. The molecule has 116 valence electrons. The Hall–Kier alpha value is -3.47. The van der Waals surface area contributed by atoms with E-state index < -0.39 is 0 Å². The quantitative estimate of drug-likeness (QED) is 0.438. The van der Waals surface area contributed by atoms with Gasteiger partial charge in [-0.05, 0) is 23.8 Å². The minimum absolute atomic E-state index is 0.0233. The second-order valence-corrected chi connectivity index (χ2v) is 6.40. The summed E-state index contributed by atoms with van der Waals surface area (Å²) in [6.07, 6.45) is 6.93. The monoisotopic (exact) mass is 323 g/mol. The van der Waals surface area contributed by atoms with Crippen molar-refractivity contribution in [3.05, 3.63) is 58.3 Å². The van der Waals surface area contributed by atoms with E-state index in [1.54, 1.807) is 24.5 Å². The van der Waals surface area contributed by atoms with Gasteiger partial charge in [0.15, 0.2) is 5.78 Å². The fourth-order valence-electron chi connectivity index (χ4n) is 4.04. The highest BCUT2D eigenvalue weighted by Gasteiger charge is 2.24. The number of fused-ring (bicyclic) bond motifs is 10. The van der Waals surface area contributed by atoms with Crippen LogP contribution in [-0.2, 0) is 11.2 Å². The summed E-state index contributed by atoms with van der Waals surface area (Å²) in [5.74, 6) is 0.0233. The molecule has 1 aliphatic carbocycles. The molecule has 3 heterocycles. The van der Waals surface area contributed by atoms with Crippen molar-refractivity contribution in [2.75, 3.05) is 0 Å². The zero-order valence-corrected chi connectivity index (χ0v) is 12.9. The van der Waals surface area contributed by atoms with E-state index in [1.807, 2.05) is 18.2 Å². The molecule has 2 aromatic carbocycles. The molecule has 25 heavy (non-hydrogen) atoms. The number of ketones is 1. The zero-order valence-electron chi connectivity index (χ0n) is 12.9. The predicted octanol–water partition coefficient (Wildman–Crippen LogP) is 2.86. The normalized spacial score (nSPS) is 14.3. The number of aromatic nitrogens is 3. The van der Waals surface area contributed by atoms with Crippen LogP contribution in [0.4, 0.5) is 0 Å². The maximum absolute atomic E-state index is 12.5. The van der Waals surface area contributed by atoms with E-state index >= 15 is 0 Å². The Balaban J connectivity index is 2.00. The highest BCUT2D eigenvalue weighted by atomic mass is 16.1. The van der Waals surface area contributed by atoms with Gasteiger partial charge in [-0.1, -0.05) is 12.1 Å². The summed E-state index contributed by atoms with van der Waals surface area (Å²) in [6.45, 7) is 0. The Morgan fingerprint density at radius 3 is 2.68 bits per heavy atom. The van der Waals surface area contributed by atoms with E-state index in [4.69, 9.17) is 4.98 Å². The van der Waals surface area contributed by atoms with Gasteiger partial charge >= 0.3 is 0 Å². The first-order valence-electron chi connectivity index (χ1n) is 8.01. The second-order valence-electron chi connectivity index (χ2n) is 6.40. The van der Waals surface area contributed by atoms with Crippen molar-refractivity contribution in [2.45, 2.75) is 6.42 Å². The number of carbonyl (C=O) groups excluding carboxylic acids is 1. The molecule has 6 rings (SSSR count). The van der Waals surface area contributed by atoms with Crippen LogP contribution in [0.3, 0.4) is 0 Å². The minimum Gasteiger partial charge on any atom is -0.294 e. The number of rotatable bonds is 0. The first-order valence-corrected chi connectivity index (χ1v) is 8.01. The van der Waals surface area contributed by atoms with Gasteiger partial charge in [0.05, 0.1) is 22.1 Å². The van der Waals surface area contributed by atoms with E-state index in [-0.39, 0.29) is 17.8 Å². The molecule has 0 unspecified atom stereocenters. The molecular formula is C20H9N3O2. The number of carbonyl (C=O) groups is 1. The van der Waals surface area contributed by atoms with Crippen molar-refractivity contribution < 1.29 is 4.79 Å². The summed E-state index contributed by atoms with van der Waals surface area (Å²) in [7, 11) is 0. The lowest BCUT2D eigenvalue weighted by atomic mass is 9.94. The number of hydrogen-bond acceptors (Lipinski definition) is 5. The largest absolute Gasteiger partial charge is 0.294 e. The summed E-state index contributed by atoms with van der Waals surface area (Å²) in [5.41, 5.74) is 2.92. The van der Waals surface area contributed by atoms with Crippen molar-refractivity contribution >= 4 is 55.2 Å². The van der Waals surface area contributed by atoms with Crippen LogP contribution >= 0.6 is 0 Å². The van der Waals surface area contributed by atoms with Crippen LogP contribution in [0.2, 0.25) is 0 Å². The first kappa shape index (κ1) is 12.9. The summed E-state index contributed by atoms with van der Waals surface area (Å²) in [6, 6.07) is 5.98. The van der Waals surface area contributed by atoms with Gasteiger partial charge in [-0.3, -0.25) is 14.6 Å². The molecule has 5 nitrogen and oxygen atoms in total. The molecule has 3 aromatic heterocycles. The average Bonchev–Trinajstić information content (AvgIpc) is 3.30. The van der Waals surface area contributed by atoms with Crippen molar-refractivity contribution in [1.29, 1.82) is 0 Å². The molecule has 5 aromatic rings. The molecule has 0 saturated heterocycles. The lowest BCUT2D eigenvalue weighted by Gasteiger charge is -2.06. The highest BCUT2D eigenvalue weighted by molar-refractivity contribution is 6.31. The first-order chi connectivity index (χ1) is 12.2. The van der Waals surface area contributed by atoms with Crippen LogP contribution in [0.5, 0.6) is 0 Å². The maximum atomic E-state index is 12.5. The molecule has 0 N–H and O–H groups in total. The van der Waals surface area contributed by atoms with Crippen molar-refractivity contribution in [3.63, 3.8) is 0 Å². The van der Waals surface area contributed by atoms with Gasteiger partial charge in [-0.25, -0.2) is 9.97 Å². The van der Waals surface area contributed by atoms with Gasteiger partial charge in [-0.2, -0.15) is 0 Å². The van der Waals surface area contributed by atoms with Gasteiger partial charge in [0.2, 0.25) is 0 Å². The fraction of sp³-hybridized carbons (Fsp3) is 0.0500. The predicted molar refractivity (Wildman–Crippen MR) is 96.2 cm³/mol. The van der Waals surface area contributed by atoms with Crippen LogP contribution in [0.1, 0.15) is 11.3 Å². The Labute approximate surface area is 140 Å². The summed E-state index contributed by atoms with van der Waals surface area (Å²) in [5, 5.41) is 4.97. The van der Waals surface area contributed by atoms with E-state index in [0.29, 0.717) is 5.39 Å². The van der Waals surface area contributed by atoms with E-state index in [9.17, 15) is 9.59 Å². The second kappa shape index (κ2) is 4.13. The zero-order chi connectivity index (χ0) is 16.7. The number of hydrogen-bond donors (Lipinski definition) is 0. The smallest absolute Gasteiger partial charge is 0.278 e. The lowest BCUT2D eigenvalue weighted by Crippen LogP contribution is -2.05. The summed E-state index contributed by atoms with van der Waals surface area (Å²) >= 11 is 0. The van der Waals surface area contributed by atoms with Crippen LogP contribution in [0.25, 0.3) is 49.4 Å². The van der Waals surface area contributed by atoms with Gasteiger partial charge in [0, 0.05) is 45.7 Å². The third-order valence-corrected chi connectivity index (χ3v) is 5.09. The van der Waals surface area contributed by atoms with Crippen LogP contribution in [0.15, 0.2) is 41.5 Å². The Kier molecular flexibility index (Phi) is 2.13. The molecule has 0 amide bonds. The molecule has 0 spiro atoms. The Morgan fingerprint density at radius 2 is 1.76 bits per heavy atom. The highest BCUT2D eigenvalue weighted by Crippen LogP contribution is 2.40. The molecule has 0 radical (unpaired) electrons. The Bertz CT molecular complexity index is 1450. The number of allylic oxidation sites excluding steroid dienone is 1. The standard InChI is InChI=1S/C20H9N3O2/c24-10-2-4-14-12(7-10)16-17-13(8-22-20(17)25)15-11(19(16)23-14)3-1-9-5-6-21-18(9)15/h1-6,8H,7H2. The Morgan fingerprint density at radius 1 is 0.840 bits per heavy atom. The third-order valence-electron chi connectivity index (χ3n) is 5.09. The number of nitrogens with zero attached hydrogens (tertiary/aromatic N) is 3. The molecule has 0 fully saturated rings. The molecule has 5 heteroatoms. The van der Waals surface area contributed by atoms with Crippen LogP contribution in [-0.4, -0.2) is 20.7 Å². The van der Waals surface area contributed by atoms with Crippen LogP contribution < -0.4 is 5.56 Å². The topological polar surface area (TPSA) is 72.8 Å². The van der Waals surface area contributed by atoms with Gasteiger partial charge in [-0.15, -0.1) is 0 Å². The third kappa shape index (κ3) is 1.46. The van der Waals surface area contributed by atoms with Crippen molar-refractivity contribution in [1.82, 2.24) is 15.0 Å². The van der Waals surface area contributed by atoms with Gasteiger partial charge in [0.1, 0.15) is 0 Å². The van der Waals surface area contributed by atoms with Gasteiger partial charge < -0.3 is 0 Å². The molecule has 0 bridgehead atoms. The SMILES string of the molecule is O=C1C=Cc2nc3c4ccc5ccnc5c4c4cnc(=O)c4c3c2C1. The summed E-state index contributed by atoms with van der Waals surface area (Å²) < 4.78 is 0. The van der Waals surface area contributed by atoms with E-state index in [0.717, 1.165) is 49.2 Å². The van der Waals surface area contributed by atoms with Crippen LogP contribution in [0, 0.1) is 0 Å². The van der Waals surface area contributed by atoms with Gasteiger partial charge in [0.25, 0.3) is 5.56 Å². The van der Waals surface area contributed by atoms with Crippen molar-refractivity contribution in [3.8, 4) is 0 Å². The number of benzene rings is 2. The minimum atomic E-state index is -0.275. The maximum Gasteiger partial charge on any atom is 0.278 e. The van der Waals surface area contributed by atoms with Crippen molar-refractivity contribution in [2.24, 2.45) is 0 Å². The molecule has 0 aliphatic heterocycles.